The number of hydrogen-bond acceptors (Lipinski definition) is 2. The number of thiazole rings is 1. The van der Waals surface area contributed by atoms with Crippen LogP contribution in [0.5, 0.6) is 0 Å². The Morgan fingerprint density at radius 1 is 1.21 bits per heavy atom. The molecule has 0 unspecified atom stereocenters. The van der Waals surface area contributed by atoms with Gasteiger partial charge in [0.25, 0.3) is 0 Å². The van der Waals surface area contributed by atoms with Crippen molar-refractivity contribution in [3.8, 4) is 11.3 Å². The van der Waals surface area contributed by atoms with E-state index in [1.54, 1.807) is 0 Å². The van der Waals surface area contributed by atoms with Crippen LogP contribution in [0.4, 0.5) is 8.78 Å². The summed E-state index contributed by atoms with van der Waals surface area (Å²) in [6, 6.07) is 3.79. The van der Waals surface area contributed by atoms with Crippen LogP contribution in [0.3, 0.4) is 0 Å². The Kier molecular flexibility index (Phi) is 2.29. The molecule has 0 atom stereocenters. The van der Waals surface area contributed by atoms with Crippen LogP contribution in [0, 0.1) is 18.6 Å². The number of benzene rings is 1. The van der Waals surface area contributed by atoms with Crippen molar-refractivity contribution in [1.29, 1.82) is 0 Å². The maximum absolute atomic E-state index is 12.9. The number of hydrogen-bond donors (Lipinski definition) is 0. The maximum Gasteiger partial charge on any atom is 0.159 e. The van der Waals surface area contributed by atoms with Crippen molar-refractivity contribution in [1.82, 2.24) is 4.98 Å². The number of rotatable bonds is 1. The van der Waals surface area contributed by atoms with Gasteiger partial charge in [-0.3, -0.25) is 0 Å². The van der Waals surface area contributed by atoms with Gasteiger partial charge in [0.1, 0.15) is 0 Å². The fraction of sp³-hybridized carbons (Fsp3) is 0.100. The van der Waals surface area contributed by atoms with Crippen LogP contribution in [0.15, 0.2) is 23.6 Å². The first kappa shape index (κ1) is 9.27. The van der Waals surface area contributed by atoms with Gasteiger partial charge in [0.15, 0.2) is 11.6 Å². The van der Waals surface area contributed by atoms with Gasteiger partial charge in [-0.1, -0.05) is 0 Å². The zero-order valence-electron chi connectivity index (χ0n) is 7.42. The lowest BCUT2D eigenvalue weighted by Crippen LogP contribution is -1.85. The second-order valence-corrected chi connectivity index (χ2v) is 3.94. The Labute approximate surface area is 84.0 Å². The van der Waals surface area contributed by atoms with Gasteiger partial charge in [0.05, 0.1) is 10.7 Å². The molecule has 0 aliphatic heterocycles. The quantitative estimate of drug-likeness (QED) is 0.704. The minimum Gasteiger partial charge on any atom is -0.242 e. The molecule has 0 saturated heterocycles. The average molecular weight is 211 g/mol. The molecule has 1 aromatic carbocycles. The molecule has 0 spiro atoms. The summed E-state index contributed by atoms with van der Waals surface area (Å²) in [6.07, 6.45) is 0. The van der Waals surface area contributed by atoms with Gasteiger partial charge in [0.2, 0.25) is 0 Å². The summed E-state index contributed by atoms with van der Waals surface area (Å²) in [5, 5.41) is 2.73. The molecule has 1 aromatic heterocycles. The van der Waals surface area contributed by atoms with Crippen LogP contribution in [0.1, 0.15) is 5.01 Å². The number of aromatic nitrogens is 1. The van der Waals surface area contributed by atoms with E-state index in [4.69, 9.17) is 0 Å². The summed E-state index contributed by atoms with van der Waals surface area (Å²) >= 11 is 1.48. The number of halogens is 2. The van der Waals surface area contributed by atoms with Gasteiger partial charge in [0, 0.05) is 10.9 Å². The molecule has 0 radical (unpaired) electrons. The molecule has 14 heavy (non-hydrogen) atoms. The van der Waals surface area contributed by atoms with Crippen LogP contribution in [-0.2, 0) is 0 Å². The smallest absolute Gasteiger partial charge is 0.159 e. The third-order valence-corrected chi connectivity index (χ3v) is 2.61. The zero-order chi connectivity index (χ0) is 10.1. The normalized spacial score (nSPS) is 10.5. The molecule has 2 aromatic rings. The average Bonchev–Trinajstić information content (AvgIpc) is 2.57. The molecule has 0 saturated carbocycles. The van der Waals surface area contributed by atoms with E-state index in [1.165, 1.54) is 17.4 Å². The van der Waals surface area contributed by atoms with Crippen LogP contribution >= 0.6 is 11.3 Å². The highest BCUT2D eigenvalue weighted by Crippen LogP contribution is 2.22. The molecule has 0 N–H and O–H groups in total. The third kappa shape index (κ3) is 1.65. The first-order chi connectivity index (χ1) is 6.66. The predicted molar refractivity (Wildman–Crippen MR) is 52.2 cm³/mol. The molecule has 0 fully saturated rings. The van der Waals surface area contributed by atoms with Crippen molar-refractivity contribution in [2.45, 2.75) is 6.92 Å². The Morgan fingerprint density at radius 3 is 2.57 bits per heavy atom. The Bertz CT molecular complexity index is 465. The summed E-state index contributed by atoms with van der Waals surface area (Å²) in [7, 11) is 0. The topological polar surface area (TPSA) is 12.9 Å². The zero-order valence-corrected chi connectivity index (χ0v) is 8.24. The fourth-order valence-corrected chi connectivity index (χ4v) is 1.77. The van der Waals surface area contributed by atoms with Gasteiger partial charge in [-0.15, -0.1) is 11.3 Å². The number of aryl methyl sites for hydroxylation is 1. The van der Waals surface area contributed by atoms with Gasteiger partial charge >= 0.3 is 0 Å². The maximum atomic E-state index is 12.9. The third-order valence-electron chi connectivity index (χ3n) is 1.83. The Hall–Kier alpha value is -1.29. The van der Waals surface area contributed by atoms with E-state index in [9.17, 15) is 8.78 Å². The molecular weight excluding hydrogens is 204 g/mol. The lowest BCUT2D eigenvalue weighted by Gasteiger charge is -1.97. The molecule has 72 valence electrons. The molecular formula is C10H7F2NS. The minimum atomic E-state index is -0.840. The molecule has 1 nitrogen and oxygen atoms in total. The summed E-state index contributed by atoms with van der Waals surface area (Å²) < 4.78 is 25.5. The van der Waals surface area contributed by atoms with E-state index in [0.717, 1.165) is 17.1 Å². The summed E-state index contributed by atoms with van der Waals surface area (Å²) in [4.78, 5) is 4.18. The second kappa shape index (κ2) is 3.46. The van der Waals surface area contributed by atoms with Crippen molar-refractivity contribution in [3.05, 3.63) is 40.2 Å². The lowest BCUT2D eigenvalue weighted by molar-refractivity contribution is 0.509. The minimum absolute atomic E-state index is 0.605. The molecule has 2 rings (SSSR count). The van der Waals surface area contributed by atoms with Crippen molar-refractivity contribution >= 4 is 11.3 Å². The van der Waals surface area contributed by atoms with Crippen LogP contribution in [-0.4, -0.2) is 4.98 Å². The highest BCUT2D eigenvalue weighted by atomic mass is 32.1. The van der Waals surface area contributed by atoms with Crippen LogP contribution in [0.25, 0.3) is 11.3 Å². The van der Waals surface area contributed by atoms with Gasteiger partial charge in [-0.05, 0) is 25.1 Å². The summed E-state index contributed by atoms with van der Waals surface area (Å²) in [6.45, 7) is 1.87. The van der Waals surface area contributed by atoms with Crippen LogP contribution in [0.2, 0.25) is 0 Å². The highest BCUT2D eigenvalue weighted by molar-refractivity contribution is 7.09. The molecule has 0 amide bonds. The SMILES string of the molecule is Cc1nc(-c2ccc(F)c(F)c2)cs1. The van der Waals surface area contributed by atoms with Gasteiger partial charge < -0.3 is 0 Å². The van der Waals surface area contributed by atoms with Crippen molar-refractivity contribution < 1.29 is 8.78 Å². The van der Waals surface area contributed by atoms with E-state index in [2.05, 4.69) is 4.98 Å². The molecule has 4 heteroatoms. The molecule has 0 aliphatic rings. The van der Waals surface area contributed by atoms with Crippen molar-refractivity contribution in [3.63, 3.8) is 0 Å². The Morgan fingerprint density at radius 2 is 2.00 bits per heavy atom. The Balaban J connectivity index is 2.47. The first-order valence-corrected chi connectivity index (χ1v) is 4.92. The second-order valence-electron chi connectivity index (χ2n) is 2.88. The highest BCUT2D eigenvalue weighted by Gasteiger charge is 2.06. The van der Waals surface area contributed by atoms with E-state index in [0.29, 0.717) is 11.3 Å². The van der Waals surface area contributed by atoms with Crippen LogP contribution < -0.4 is 0 Å². The van der Waals surface area contributed by atoms with Gasteiger partial charge in [-0.2, -0.15) is 0 Å². The fourth-order valence-electron chi connectivity index (χ4n) is 1.15. The largest absolute Gasteiger partial charge is 0.242 e. The monoisotopic (exact) mass is 211 g/mol. The lowest BCUT2D eigenvalue weighted by atomic mass is 10.2. The van der Waals surface area contributed by atoms with Gasteiger partial charge in [-0.25, -0.2) is 13.8 Å². The van der Waals surface area contributed by atoms with E-state index >= 15 is 0 Å². The van der Waals surface area contributed by atoms with Crippen molar-refractivity contribution in [2.75, 3.05) is 0 Å². The van der Waals surface area contributed by atoms with E-state index in [-0.39, 0.29) is 0 Å². The summed E-state index contributed by atoms with van der Waals surface area (Å²) in [5.74, 6) is -1.67. The standard InChI is InChI=1S/C10H7F2NS/c1-6-13-10(5-14-6)7-2-3-8(11)9(12)4-7/h2-5H,1H3. The van der Waals surface area contributed by atoms with E-state index in [1.807, 2.05) is 12.3 Å². The van der Waals surface area contributed by atoms with Crippen molar-refractivity contribution in [2.24, 2.45) is 0 Å². The molecule has 0 bridgehead atoms. The molecule has 1 heterocycles. The first-order valence-electron chi connectivity index (χ1n) is 4.04. The summed E-state index contributed by atoms with van der Waals surface area (Å²) in [5.41, 5.74) is 1.29. The van der Waals surface area contributed by atoms with E-state index < -0.39 is 11.6 Å². The molecule has 0 aliphatic carbocycles. The predicted octanol–water partition coefficient (Wildman–Crippen LogP) is 3.40. The number of nitrogens with zero attached hydrogens (tertiary/aromatic N) is 1.